The molecule has 1 aliphatic heterocycles. The van der Waals surface area contributed by atoms with Gasteiger partial charge in [0.2, 0.25) is 5.76 Å². The summed E-state index contributed by atoms with van der Waals surface area (Å²) >= 11 is 0. The molecule has 1 aliphatic rings. The van der Waals surface area contributed by atoms with E-state index in [9.17, 15) is 14.7 Å². The van der Waals surface area contributed by atoms with Gasteiger partial charge >= 0.3 is 0 Å². The molecule has 4 rings (SSSR count). The monoisotopic (exact) mass is 351 g/mol. The van der Waals surface area contributed by atoms with Gasteiger partial charge in [0.1, 0.15) is 11.3 Å². The molecule has 0 radical (unpaired) electrons. The third-order valence-corrected chi connectivity index (χ3v) is 4.62. The number of methoxy groups -OCH3 is 1. The van der Waals surface area contributed by atoms with E-state index < -0.39 is 11.9 Å². The topological polar surface area (TPSA) is 80.0 Å². The highest BCUT2D eigenvalue weighted by Gasteiger charge is 2.42. The summed E-state index contributed by atoms with van der Waals surface area (Å²) < 4.78 is 11.0. The standard InChI is InChI=1S/C20H17NO5/c1-25-13-6-4-5-12(11-13)17-16-18(23)14-7-2-3-8-15(14)26-19(16)20(24)21(17)9-10-22/h2-8,11,17,22H,9-10H2,1H3. The molecule has 0 aliphatic carbocycles. The summed E-state index contributed by atoms with van der Waals surface area (Å²) in [4.78, 5) is 27.5. The van der Waals surface area contributed by atoms with Crippen molar-refractivity contribution in [2.75, 3.05) is 20.3 Å². The summed E-state index contributed by atoms with van der Waals surface area (Å²) in [5.41, 5.74) is 1.17. The van der Waals surface area contributed by atoms with Crippen LogP contribution in [-0.2, 0) is 0 Å². The highest BCUT2D eigenvalue weighted by atomic mass is 16.5. The highest BCUT2D eigenvalue weighted by molar-refractivity contribution is 5.99. The van der Waals surface area contributed by atoms with Crippen molar-refractivity contribution in [1.29, 1.82) is 0 Å². The number of benzene rings is 2. The van der Waals surface area contributed by atoms with Crippen LogP contribution in [0.15, 0.2) is 57.7 Å². The number of rotatable bonds is 4. The molecule has 6 heteroatoms. The summed E-state index contributed by atoms with van der Waals surface area (Å²) in [5, 5.41) is 9.85. The second-order valence-electron chi connectivity index (χ2n) is 6.07. The molecule has 0 fully saturated rings. The minimum Gasteiger partial charge on any atom is -0.497 e. The van der Waals surface area contributed by atoms with Crippen molar-refractivity contribution >= 4 is 16.9 Å². The molecule has 1 aromatic heterocycles. The smallest absolute Gasteiger partial charge is 0.290 e. The van der Waals surface area contributed by atoms with Crippen molar-refractivity contribution < 1.29 is 19.1 Å². The molecule has 26 heavy (non-hydrogen) atoms. The Morgan fingerprint density at radius 1 is 1.15 bits per heavy atom. The van der Waals surface area contributed by atoms with Crippen molar-refractivity contribution in [3.63, 3.8) is 0 Å². The van der Waals surface area contributed by atoms with Crippen molar-refractivity contribution in [3.05, 3.63) is 75.6 Å². The van der Waals surface area contributed by atoms with Crippen molar-refractivity contribution in [1.82, 2.24) is 4.90 Å². The number of hydrogen-bond donors (Lipinski definition) is 1. The number of para-hydroxylation sites is 1. The summed E-state index contributed by atoms with van der Waals surface area (Å²) in [6.07, 6.45) is 0. The lowest BCUT2D eigenvalue weighted by Crippen LogP contribution is -2.32. The number of β-amino-alcohol motifs (C(OH)–C–C–N with tert-alkyl or cyclic N) is 1. The minimum atomic E-state index is -0.624. The fourth-order valence-electron chi connectivity index (χ4n) is 3.46. The molecule has 0 saturated heterocycles. The predicted octanol–water partition coefficient (Wildman–Crippen LogP) is 2.34. The maximum absolute atomic E-state index is 13.1. The van der Waals surface area contributed by atoms with Gasteiger partial charge in [-0.3, -0.25) is 9.59 Å². The molecule has 3 aromatic rings. The number of nitrogens with zero attached hydrogens (tertiary/aromatic N) is 1. The lowest BCUT2D eigenvalue weighted by Gasteiger charge is -2.24. The minimum absolute atomic E-state index is 0.0370. The predicted molar refractivity (Wildman–Crippen MR) is 95.4 cm³/mol. The SMILES string of the molecule is COc1cccc(C2c3c(oc4ccccc4c3=O)C(=O)N2CCO)c1. The molecule has 1 atom stereocenters. The van der Waals surface area contributed by atoms with Crippen LogP contribution in [0.25, 0.3) is 11.0 Å². The van der Waals surface area contributed by atoms with Gasteiger partial charge in [-0.15, -0.1) is 0 Å². The maximum Gasteiger partial charge on any atom is 0.290 e. The van der Waals surface area contributed by atoms with E-state index in [-0.39, 0.29) is 24.3 Å². The second kappa shape index (κ2) is 6.31. The Kier molecular flexibility index (Phi) is 3.97. The van der Waals surface area contributed by atoms with Crippen molar-refractivity contribution in [3.8, 4) is 5.75 Å². The zero-order chi connectivity index (χ0) is 18.3. The number of fused-ring (bicyclic) bond motifs is 2. The quantitative estimate of drug-likeness (QED) is 0.780. The Bertz CT molecular complexity index is 1060. The van der Waals surface area contributed by atoms with Crippen molar-refractivity contribution in [2.24, 2.45) is 0 Å². The fourth-order valence-corrected chi connectivity index (χ4v) is 3.46. The zero-order valence-electron chi connectivity index (χ0n) is 14.1. The molecule has 2 heterocycles. The molecule has 1 N–H and O–H groups in total. The van der Waals surface area contributed by atoms with Gasteiger partial charge in [-0.05, 0) is 29.8 Å². The first-order chi connectivity index (χ1) is 12.7. The molecule has 0 saturated carbocycles. The van der Waals surface area contributed by atoms with Gasteiger partial charge in [-0.2, -0.15) is 0 Å². The number of aliphatic hydroxyl groups is 1. The van der Waals surface area contributed by atoms with Crippen LogP contribution in [0, 0.1) is 0 Å². The molecule has 0 bridgehead atoms. The van der Waals surface area contributed by atoms with Crippen LogP contribution in [-0.4, -0.2) is 36.2 Å². The Morgan fingerprint density at radius 3 is 2.73 bits per heavy atom. The van der Waals surface area contributed by atoms with Crippen LogP contribution in [0.1, 0.15) is 27.7 Å². The van der Waals surface area contributed by atoms with Crippen LogP contribution >= 0.6 is 0 Å². The molecule has 2 aromatic carbocycles. The van der Waals surface area contributed by atoms with E-state index in [0.29, 0.717) is 22.3 Å². The molecule has 0 spiro atoms. The van der Waals surface area contributed by atoms with Gasteiger partial charge in [0.05, 0.1) is 30.7 Å². The van der Waals surface area contributed by atoms with E-state index in [1.807, 2.05) is 6.07 Å². The molecular weight excluding hydrogens is 334 g/mol. The van der Waals surface area contributed by atoms with Gasteiger partial charge < -0.3 is 19.2 Å². The van der Waals surface area contributed by atoms with Gasteiger partial charge in [0.25, 0.3) is 5.91 Å². The average molecular weight is 351 g/mol. The Hall–Kier alpha value is -3.12. The number of ether oxygens (including phenoxy) is 1. The Morgan fingerprint density at radius 2 is 1.96 bits per heavy atom. The first-order valence-corrected chi connectivity index (χ1v) is 8.27. The summed E-state index contributed by atoms with van der Waals surface area (Å²) in [6.45, 7) is -0.116. The first-order valence-electron chi connectivity index (χ1n) is 8.27. The second-order valence-corrected chi connectivity index (χ2v) is 6.07. The van der Waals surface area contributed by atoms with Crippen LogP contribution in [0.2, 0.25) is 0 Å². The Balaban J connectivity index is 2.00. The lowest BCUT2D eigenvalue weighted by atomic mass is 9.98. The average Bonchev–Trinajstić information content (AvgIpc) is 2.95. The summed E-state index contributed by atoms with van der Waals surface area (Å²) in [5.74, 6) is 0.261. The summed E-state index contributed by atoms with van der Waals surface area (Å²) in [7, 11) is 1.56. The number of aliphatic hydroxyl groups excluding tert-OH is 1. The highest BCUT2D eigenvalue weighted by Crippen LogP contribution is 2.38. The molecule has 1 unspecified atom stereocenters. The number of carbonyl (C=O) groups excluding carboxylic acids is 1. The third kappa shape index (κ3) is 2.38. The van der Waals surface area contributed by atoms with Gasteiger partial charge in [-0.1, -0.05) is 24.3 Å². The fraction of sp³-hybridized carbons (Fsp3) is 0.200. The maximum atomic E-state index is 13.1. The zero-order valence-corrected chi connectivity index (χ0v) is 14.1. The van der Waals surface area contributed by atoms with E-state index in [1.165, 1.54) is 4.90 Å². The first kappa shape index (κ1) is 16.4. The summed E-state index contributed by atoms with van der Waals surface area (Å²) in [6, 6.07) is 13.4. The third-order valence-electron chi connectivity index (χ3n) is 4.62. The van der Waals surface area contributed by atoms with Gasteiger partial charge in [0, 0.05) is 6.54 Å². The van der Waals surface area contributed by atoms with Crippen LogP contribution in [0.3, 0.4) is 0 Å². The normalized spacial score (nSPS) is 16.2. The van der Waals surface area contributed by atoms with Crippen LogP contribution < -0.4 is 10.2 Å². The number of carbonyl (C=O) groups is 1. The van der Waals surface area contributed by atoms with Gasteiger partial charge in [-0.25, -0.2) is 0 Å². The van der Waals surface area contributed by atoms with Crippen LogP contribution in [0.5, 0.6) is 5.75 Å². The lowest BCUT2D eigenvalue weighted by molar-refractivity contribution is 0.0691. The largest absolute Gasteiger partial charge is 0.497 e. The van der Waals surface area contributed by atoms with Crippen LogP contribution in [0.4, 0.5) is 0 Å². The van der Waals surface area contributed by atoms with E-state index in [0.717, 1.165) is 5.56 Å². The Labute approximate surface area is 149 Å². The van der Waals surface area contributed by atoms with E-state index in [4.69, 9.17) is 9.15 Å². The molecule has 1 amide bonds. The van der Waals surface area contributed by atoms with E-state index >= 15 is 0 Å². The molecule has 6 nitrogen and oxygen atoms in total. The van der Waals surface area contributed by atoms with Gasteiger partial charge in [0.15, 0.2) is 5.43 Å². The molecule has 132 valence electrons. The number of hydrogen-bond acceptors (Lipinski definition) is 5. The van der Waals surface area contributed by atoms with E-state index in [2.05, 4.69) is 0 Å². The molecular formula is C20H17NO5. The van der Waals surface area contributed by atoms with Crippen molar-refractivity contribution in [2.45, 2.75) is 6.04 Å². The van der Waals surface area contributed by atoms with E-state index in [1.54, 1.807) is 49.6 Å². The number of amides is 1.